The lowest BCUT2D eigenvalue weighted by molar-refractivity contribution is -0.138. The number of primary amides is 1. The van der Waals surface area contributed by atoms with Crippen molar-refractivity contribution in [3.8, 4) is 17.0 Å². The Morgan fingerprint density at radius 1 is 1.24 bits per heavy atom. The van der Waals surface area contributed by atoms with E-state index >= 15 is 0 Å². The van der Waals surface area contributed by atoms with Gasteiger partial charge in [0.1, 0.15) is 17.1 Å². The van der Waals surface area contributed by atoms with E-state index in [0.717, 1.165) is 11.3 Å². The van der Waals surface area contributed by atoms with Crippen LogP contribution in [0.15, 0.2) is 23.5 Å². The summed E-state index contributed by atoms with van der Waals surface area (Å²) in [5.41, 5.74) is 6.66. The summed E-state index contributed by atoms with van der Waals surface area (Å²) in [6.07, 6.45) is 0.924. The average molecular weight is 453 g/mol. The van der Waals surface area contributed by atoms with Crippen molar-refractivity contribution in [3.05, 3.63) is 40.3 Å². The Balaban J connectivity index is 1.81. The van der Waals surface area contributed by atoms with Gasteiger partial charge < -0.3 is 26.0 Å². The molecular formula is C23H27N5O5. The Hall–Kier alpha value is -3.37. The second-order valence-corrected chi connectivity index (χ2v) is 9.58. The number of aliphatic hydroxyl groups is 2. The average Bonchev–Trinajstić information content (AvgIpc) is 3.17. The van der Waals surface area contributed by atoms with Crippen LogP contribution in [0, 0.1) is 5.92 Å². The van der Waals surface area contributed by atoms with Crippen LogP contribution in [0.1, 0.15) is 29.2 Å². The Morgan fingerprint density at radius 2 is 1.94 bits per heavy atom. The first-order valence-electron chi connectivity index (χ1n) is 10.8. The summed E-state index contributed by atoms with van der Waals surface area (Å²) < 4.78 is 0. The number of rotatable bonds is 3. The van der Waals surface area contributed by atoms with E-state index in [1.54, 1.807) is 25.1 Å². The van der Waals surface area contributed by atoms with Gasteiger partial charge in [-0.2, -0.15) is 5.10 Å². The summed E-state index contributed by atoms with van der Waals surface area (Å²) in [4.78, 5) is 28.9. The molecule has 0 saturated heterocycles. The Labute approximate surface area is 190 Å². The number of Topliss-reactive ketones (excluding diaryl/α,β-unsaturated/α-hetero) is 1. The number of likely N-dealkylation sites (N-methyl/N-ethyl adjacent to an activating group) is 1. The lowest BCUT2D eigenvalue weighted by atomic mass is 9.59. The number of ketones is 1. The number of hydrogen-bond donors (Lipinski definition) is 5. The number of fused-ring (bicyclic) bond motifs is 4. The fourth-order valence-electron chi connectivity index (χ4n) is 6.08. The number of nitrogens with one attached hydrogen (secondary N) is 1. The van der Waals surface area contributed by atoms with Gasteiger partial charge in [-0.05, 0) is 50.6 Å². The summed E-state index contributed by atoms with van der Waals surface area (Å²) in [5.74, 6) is -3.23. The number of benzene rings is 1. The molecule has 5 rings (SSSR count). The number of phenolic OH excluding ortho intramolecular Hbond substituents is 1. The molecule has 3 aliphatic carbocycles. The molecule has 1 aromatic heterocycles. The molecule has 0 bridgehead atoms. The highest BCUT2D eigenvalue weighted by molar-refractivity contribution is 6.22. The minimum Gasteiger partial charge on any atom is -0.508 e. The van der Waals surface area contributed by atoms with Gasteiger partial charge in [-0.1, -0.05) is 0 Å². The van der Waals surface area contributed by atoms with E-state index in [2.05, 4.69) is 10.2 Å². The zero-order valence-electron chi connectivity index (χ0n) is 18.9. The summed E-state index contributed by atoms with van der Waals surface area (Å²) in [7, 11) is 7.23. The number of carbonyl (C=O) groups excluding carboxylic acids is 2. The van der Waals surface area contributed by atoms with Crippen molar-refractivity contribution in [2.75, 3.05) is 33.1 Å². The highest BCUT2D eigenvalue weighted by Crippen LogP contribution is 2.58. The topological polar surface area (TPSA) is 156 Å². The van der Waals surface area contributed by atoms with Gasteiger partial charge in [0, 0.05) is 36.8 Å². The number of aromatic hydroxyl groups is 1. The molecule has 1 amide bonds. The van der Waals surface area contributed by atoms with Crippen molar-refractivity contribution in [2.24, 2.45) is 11.7 Å². The van der Waals surface area contributed by atoms with Crippen LogP contribution in [0.5, 0.6) is 5.75 Å². The normalized spacial score (nSPS) is 27.8. The molecule has 0 spiro atoms. The molecule has 6 N–H and O–H groups in total. The van der Waals surface area contributed by atoms with E-state index < -0.39 is 40.6 Å². The van der Waals surface area contributed by atoms with Gasteiger partial charge >= 0.3 is 0 Å². The van der Waals surface area contributed by atoms with Gasteiger partial charge in [-0.3, -0.25) is 19.6 Å². The van der Waals surface area contributed by atoms with E-state index in [1.165, 1.54) is 0 Å². The number of nitrogens with zero attached hydrogens (tertiary/aromatic N) is 3. The van der Waals surface area contributed by atoms with Gasteiger partial charge in [-0.25, -0.2) is 0 Å². The number of aliphatic hydroxyl groups excluding tert-OH is 1. The lowest BCUT2D eigenvalue weighted by Crippen LogP contribution is -2.60. The number of anilines is 1. The van der Waals surface area contributed by atoms with Crippen LogP contribution in [-0.2, 0) is 21.6 Å². The second kappa shape index (κ2) is 6.82. The first-order chi connectivity index (χ1) is 15.5. The Kier molecular flexibility index (Phi) is 4.44. The molecule has 10 heteroatoms. The largest absolute Gasteiger partial charge is 0.508 e. The third-order valence-corrected chi connectivity index (χ3v) is 7.40. The van der Waals surface area contributed by atoms with Gasteiger partial charge in [0.25, 0.3) is 5.91 Å². The number of aromatic amines is 1. The van der Waals surface area contributed by atoms with Crippen molar-refractivity contribution >= 4 is 17.4 Å². The smallest absolute Gasteiger partial charge is 0.255 e. The molecule has 1 heterocycles. The van der Waals surface area contributed by atoms with Crippen molar-refractivity contribution < 1.29 is 24.9 Å². The predicted molar refractivity (Wildman–Crippen MR) is 120 cm³/mol. The number of hydrogen-bond acceptors (Lipinski definition) is 8. The van der Waals surface area contributed by atoms with E-state index in [1.807, 2.05) is 25.1 Å². The van der Waals surface area contributed by atoms with Crippen LogP contribution in [-0.4, -0.2) is 76.3 Å². The molecule has 0 fully saturated rings. The van der Waals surface area contributed by atoms with Gasteiger partial charge in [-0.15, -0.1) is 0 Å². The first-order valence-corrected chi connectivity index (χ1v) is 10.8. The fourth-order valence-corrected chi connectivity index (χ4v) is 6.08. The number of aromatic nitrogens is 2. The molecule has 3 aliphatic rings. The molecule has 0 aliphatic heterocycles. The quantitative estimate of drug-likeness (QED) is 0.421. The monoisotopic (exact) mass is 453 g/mol. The number of amides is 1. The fraction of sp³-hybridized carbons (Fsp3) is 0.435. The molecule has 1 aromatic carbocycles. The van der Waals surface area contributed by atoms with E-state index in [9.17, 15) is 24.9 Å². The molecule has 4 unspecified atom stereocenters. The standard InChI is InChI=1S/C23H27N5O5/c1-27(2)12-5-6-13(29)15-10(12)7-9-8-11-18(28(3)4)19(30)16(22(24)32)21(31)23(11,33)20-14(9)17(15)25-26-20/h5-6,9,11,18,29,31,33H,7-8H2,1-4H3,(H2,24,32)(H,25,26). The minimum atomic E-state index is -2.05. The molecule has 0 radical (unpaired) electrons. The Bertz CT molecular complexity index is 1250. The van der Waals surface area contributed by atoms with Gasteiger partial charge in [0.05, 0.1) is 17.4 Å². The highest BCUT2D eigenvalue weighted by Gasteiger charge is 2.61. The summed E-state index contributed by atoms with van der Waals surface area (Å²) in [6.45, 7) is 0. The van der Waals surface area contributed by atoms with Crippen LogP contribution in [0.3, 0.4) is 0 Å². The van der Waals surface area contributed by atoms with Gasteiger partial charge in [0.15, 0.2) is 11.4 Å². The summed E-state index contributed by atoms with van der Waals surface area (Å²) >= 11 is 0. The molecule has 4 atom stereocenters. The second-order valence-electron chi connectivity index (χ2n) is 9.58. The molecule has 33 heavy (non-hydrogen) atoms. The third kappa shape index (κ3) is 2.58. The predicted octanol–water partition coefficient (Wildman–Crippen LogP) is 0.506. The summed E-state index contributed by atoms with van der Waals surface area (Å²) in [5, 5.41) is 41.0. The maximum atomic E-state index is 13.2. The van der Waals surface area contributed by atoms with E-state index in [-0.39, 0.29) is 17.4 Å². The van der Waals surface area contributed by atoms with Crippen LogP contribution in [0.2, 0.25) is 0 Å². The third-order valence-electron chi connectivity index (χ3n) is 7.40. The lowest BCUT2D eigenvalue weighted by Gasteiger charge is -2.50. The molecule has 0 saturated carbocycles. The number of nitrogens with two attached hydrogens (primary N) is 1. The van der Waals surface area contributed by atoms with Gasteiger partial charge in [0.2, 0.25) is 0 Å². The zero-order valence-corrected chi connectivity index (χ0v) is 18.9. The van der Waals surface area contributed by atoms with Crippen molar-refractivity contribution in [1.82, 2.24) is 15.1 Å². The SMILES string of the molecule is CN(C)c1ccc(O)c2c1CC1CC3C(N(C)C)C(=O)C(C(N)=O)=C(O)C3(O)c3[nH]nc-2c31. The molecule has 10 nitrogen and oxygen atoms in total. The number of carbonyl (C=O) groups is 2. The molecular weight excluding hydrogens is 426 g/mol. The van der Waals surface area contributed by atoms with Crippen LogP contribution < -0.4 is 10.6 Å². The molecule has 2 aromatic rings. The van der Waals surface area contributed by atoms with Crippen molar-refractivity contribution in [2.45, 2.75) is 30.4 Å². The van der Waals surface area contributed by atoms with Crippen LogP contribution in [0.4, 0.5) is 5.69 Å². The number of H-pyrrole nitrogens is 1. The minimum absolute atomic E-state index is 0.0695. The highest BCUT2D eigenvalue weighted by atomic mass is 16.3. The Morgan fingerprint density at radius 3 is 2.55 bits per heavy atom. The zero-order chi connectivity index (χ0) is 24.0. The first kappa shape index (κ1) is 21.5. The van der Waals surface area contributed by atoms with Crippen LogP contribution in [0.25, 0.3) is 11.3 Å². The van der Waals surface area contributed by atoms with E-state index in [0.29, 0.717) is 29.7 Å². The number of phenols is 1. The van der Waals surface area contributed by atoms with E-state index in [4.69, 9.17) is 5.73 Å². The maximum Gasteiger partial charge on any atom is 0.255 e. The summed E-state index contributed by atoms with van der Waals surface area (Å²) in [6, 6.07) is 2.60. The van der Waals surface area contributed by atoms with Crippen LogP contribution >= 0.6 is 0 Å². The van der Waals surface area contributed by atoms with Crippen molar-refractivity contribution in [1.29, 1.82) is 0 Å². The van der Waals surface area contributed by atoms with Crippen molar-refractivity contribution in [3.63, 3.8) is 0 Å². The maximum absolute atomic E-state index is 13.2. The molecule has 174 valence electrons.